The number of ether oxygens (including phenoxy) is 2. The fraction of sp³-hybridized carbons (Fsp3) is 0.391. The molecule has 31 heavy (non-hydrogen) atoms. The number of benzene rings is 2. The van der Waals surface area contributed by atoms with E-state index in [2.05, 4.69) is 0 Å². The Kier molecular flexibility index (Phi) is 6.76. The zero-order valence-electron chi connectivity index (χ0n) is 17.6. The summed E-state index contributed by atoms with van der Waals surface area (Å²) in [4.78, 5) is 26.1. The molecule has 1 fully saturated rings. The number of hydrogen-bond acceptors (Lipinski definition) is 6. The molecule has 0 aromatic heterocycles. The average molecular weight is 465 g/mol. The van der Waals surface area contributed by atoms with Gasteiger partial charge in [-0.25, -0.2) is 8.42 Å². The molecule has 0 radical (unpaired) electrons. The minimum atomic E-state index is -4.09. The maximum Gasteiger partial charge on any atom is 0.325 e. The van der Waals surface area contributed by atoms with Crippen LogP contribution in [0, 0.1) is 5.41 Å². The third kappa shape index (κ3) is 3.96. The lowest BCUT2D eigenvalue weighted by Crippen LogP contribution is -2.35. The normalized spacial score (nSPS) is 19.5. The zero-order chi connectivity index (χ0) is 22.8. The van der Waals surface area contributed by atoms with Crippen molar-refractivity contribution in [3.8, 4) is 0 Å². The third-order valence-corrected chi connectivity index (χ3v) is 8.08. The fourth-order valence-corrected chi connectivity index (χ4v) is 6.43. The molecule has 2 aromatic carbocycles. The molecule has 0 heterocycles. The van der Waals surface area contributed by atoms with Crippen molar-refractivity contribution in [1.82, 2.24) is 0 Å². The lowest BCUT2D eigenvalue weighted by atomic mass is 9.98. The molecule has 6 nitrogen and oxygen atoms in total. The van der Waals surface area contributed by atoms with E-state index in [1.807, 2.05) is 19.1 Å². The van der Waals surface area contributed by atoms with Crippen molar-refractivity contribution in [1.29, 1.82) is 0 Å². The van der Waals surface area contributed by atoms with Gasteiger partial charge in [0.2, 0.25) is 0 Å². The van der Waals surface area contributed by atoms with Crippen LogP contribution in [0.1, 0.15) is 37.8 Å². The van der Waals surface area contributed by atoms with Crippen LogP contribution < -0.4 is 0 Å². The summed E-state index contributed by atoms with van der Waals surface area (Å²) >= 11 is 5.91. The monoisotopic (exact) mass is 464 g/mol. The lowest BCUT2D eigenvalue weighted by molar-refractivity contribution is -0.164. The van der Waals surface area contributed by atoms with Gasteiger partial charge in [0.25, 0.3) is 0 Å². The van der Waals surface area contributed by atoms with Gasteiger partial charge in [0.05, 0.1) is 18.1 Å². The number of halogens is 1. The topological polar surface area (TPSA) is 86.7 Å². The van der Waals surface area contributed by atoms with E-state index in [4.69, 9.17) is 21.1 Å². The number of hydrogen-bond donors (Lipinski definition) is 0. The summed E-state index contributed by atoms with van der Waals surface area (Å²) in [5.41, 5.74) is -0.335. The van der Waals surface area contributed by atoms with Gasteiger partial charge in [-0.2, -0.15) is 0 Å². The van der Waals surface area contributed by atoms with Crippen molar-refractivity contribution < 1.29 is 27.5 Å². The van der Waals surface area contributed by atoms with Crippen LogP contribution in [-0.4, -0.2) is 38.8 Å². The van der Waals surface area contributed by atoms with Gasteiger partial charge >= 0.3 is 11.9 Å². The molecule has 0 unspecified atom stereocenters. The lowest BCUT2D eigenvalue weighted by Gasteiger charge is -2.15. The van der Waals surface area contributed by atoms with Crippen LogP contribution in [0.15, 0.2) is 53.4 Å². The largest absolute Gasteiger partial charge is 0.465 e. The summed E-state index contributed by atoms with van der Waals surface area (Å²) in [7, 11) is -4.09. The molecule has 0 bridgehead atoms. The van der Waals surface area contributed by atoms with Gasteiger partial charge in [-0.05, 0) is 55.7 Å². The van der Waals surface area contributed by atoms with Crippen molar-refractivity contribution in [3.63, 3.8) is 0 Å². The van der Waals surface area contributed by atoms with Crippen molar-refractivity contribution in [2.24, 2.45) is 5.41 Å². The highest BCUT2D eigenvalue weighted by Gasteiger charge is 2.81. The molecule has 2 atom stereocenters. The molecule has 0 spiro atoms. The van der Waals surface area contributed by atoms with Gasteiger partial charge in [-0.3, -0.25) is 9.59 Å². The van der Waals surface area contributed by atoms with Crippen molar-refractivity contribution >= 4 is 33.4 Å². The highest BCUT2D eigenvalue weighted by atomic mass is 35.5. The zero-order valence-corrected chi connectivity index (χ0v) is 19.2. The molecular weight excluding hydrogens is 440 g/mol. The highest BCUT2D eigenvalue weighted by molar-refractivity contribution is 7.92. The fourth-order valence-electron chi connectivity index (χ4n) is 4.02. The van der Waals surface area contributed by atoms with E-state index >= 15 is 0 Å². The molecule has 1 saturated carbocycles. The summed E-state index contributed by atoms with van der Waals surface area (Å²) in [5, 5.41) is -0.963. The van der Waals surface area contributed by atoms with Crippen LogP contribution >= 0.6 is 11.6 Å². The van der Waals surface area contributed by atoms with Crippen molar-refractivity contribution in [2.45, 2.75) is 43.3 Å². The molecule has 2 aromatic rings. The van der Waals surface area contributed by atoms with E-state index in [0.717, 1.165) is 12.0 Å². The summed E-state index contributed by atoms with van der Waals surface area (Å²) in [6.45, 7) is 5.23. The van der Waals surface area contributed by atoms with E-state index in [1.165, 1.54) is 24.3 Å². The number of rotatable bonds is 8. The highest BCUT2D eigenvalue weighted by Crippen LogP contribution is 2.65. The predicted octanol–water partition coefficient (Wildman–Crippen LogP) is 3.95. The standard InChI is InChI=1S/C23H25ClO6S/c1-4-15-7-9-16(10-8-15)19-20(31(27,28)18-13-11-17(24)12-14-18)23(19,21(25)29-5-2)22(26)30-6-3/h7-14,19-20H,4-6H2,1-3H3/t19-,20-/m0/s1. The summed E-state index contributed by atoms with van der Waals surface area (Å²) in [6, 6.07) is 12.9. The molecule has 1 aliphatic rings. The minimum absolute atomic E-state index is 0.00912. The Balaban J connectivity index is 2.18. The summed E-state index contributed by atoms with van der Waals surface area (Å²) in [5.74, 6) is -2.70. The minimum Gasteiger partial charge on any atom is -0.465 e. The average Bonchev–Trinajstić information content (AvgIpc) is 3.47. The Bertz CT molecular complexity index is 1040. The maximum absolute atomic E-state index is 13.6. The Morgan fingerprint density at radius 2 is 1.42 bits per heavy atom. The van der Waals surface area contributed by atoms with Gasteiger partial charge in [0.15, 0.2) is 15.3 Å². The van der Waals surface area contributed by atoms with Gasteiger partial charge in [-0.1, -0.05) is 42.8 Å². The van der Waals surface area contributed by atoms with Crippen LogP contribution in [-0.2, 0) is 35.3 Å². The second-order valence-electron chi connectivity index (χ2n) is 7.30. The van der Waals surface area contributed by atoms with Crippen LogP contribution in [0.3, 0.4) is 0 Å². The number of aryl methyl sites for hydroxylation is 1. The summed E-state index contributed by atoms with van der Waals surface area (Å²) < 4.78 is 37.6. The van der Waals surface area contributed by atoms with Crippen molar-refractivity contribution in [3.05, 3.63) is 64.7 Å². The second-order valence-corrected chi connectivity index (χ2v) is 9.81. The molecular formula is C23H25ClO6S. The molecule has 0 saturated heterocycles. The van der Waals surface area contributed by atoms with E-state index in [0.29, 0.717) is 10.6 Å². The van der Waals surface area contributed by atoms with Crippen LogP contribution in [0.5, 0.6) is 0 Å². The molecule has 166 valence electrons. The first-order valence-corrected chi connectivity index (χ1v) is 12.1. The van der Waals surface area contributed by atoms with Gasteiger partial charge in [0.1, 0.15) is 5.25 Å². The molecule has 3 rings (SSSR count). The van der Waals surface area contributed by atoms with Gasteiger partial charge in [0, 0.05) is 10.9 Å². The third-order valence-electron chi connectivity index (χ3n) is 5.58. The quantitative estimate of drug-likeness (QED) is 0.434. The van der Waals surface area contributed by atoms with Crippen LogP contribution in [0.25, 0.3) is 0 Å². The number of carbonyl (C=O) groups excluding carboxylic acids is 2. The first-order chi connectivity index (χ1) is 14.7. The Morgan fingerprint density at radius 3 is 1.87 bits per heavy atom. The van der Waals surface area contributed by atoms with E-state index in [-0.39, 0.29) is 18.1 Å². The Labute approximate surface area is 187 Å². The first-order valence-electron chi connectivity index (χ1n) is 10.2. The van der Waals surface area contributed by atoms with E-state index in [9.17, 15) is 18.0 Å². The molecule has 0 N–H and O–H groups in total. The van der Waals surface area contributed by atoms with E-state index in [1.54, 1.807) is 26.0 Å². The number of esters is 2. The smallest absolute Gasteiger partial charge is 0.325 e. The molecule has 8 heteroatoms. The van der Waals surface area contributed by atoms with Gasteiger partial charge in [-0.15, -0.1) is 0 Å². The molecule has 0 amide bonds. The Hall–Kier alpha value is -2.38. The SMILES string of the molecule is CCOC(=O)C1(C(=O)OCC)[C@@H](c2ccc(CC)cc2)[C@@H]1S(=O)(=O)c1ccc(Cl)cc1. The van der Waals surface area contributed by atoms with Crippen LogP contribution in [0.2, 0.25) is 5.02 Å². The van der Waals surface area contributed by atoms with E-state index < -0.39 is 38.4 Å². The molecule has 1 aliphatic carbocycles. The number of carbonyl (C=O) groups is 2. The van der Waals surface area contributed by atoms with Gasteiger partial charge < -0.3 is 9.47 Å². The van der Waals surface area contributed by atoms with Crippen LogP contribution in [0.4, 0.5) is 0 Å². The summed E-state index contributed by atoms with van der Waals surface area (Å²) in [6.07, 6.45) is 0.804. The Morgan fingerprint density at radius 1 is 0.903 bits per heavy atom. The predicted molar refractivity (Wildman–Crippen MR) is 117 cm³/mol. The maximum atomic E-state index is 13.6. The number of sulfone groups is 1. The molecule has 0 aliphatic heterocycles. The van der Waals surface area contributed by atoms with Crippen molar-refractivity contribution in [2.75, 3.05) is 13.2 Å². The first kappa shape index (κ1) is 23.3. The second kappa shape index (κ2) is 9.01.